The Morgan fingerprint density at radius 1 is 0.926 bits per heavy atom. The molecule has 3 rings (SSSR count). The molecule has 144 valence electrons. The first kappa shape index (κ1) is 19.2. The number of benzene rings is 1. The highest BCUT2D eigenvalue weighted by molar-refractivity contribution is 5.77. The molecule has 0 saturated heterocycles. The van der Waals surface area contributed by atoms with Gasteiger partial charge in [0, 0.05) is 36.5 Å². The van der Waals surface area contributed by atoms with Crippen LogP contribution in [0.25, 0.3) is 11.0 Å². The lowest BCUT2D eigenvalue weighted by Gasteiger charge is -2.07. The van der Waals surface area contributed by atoms with E-state index in [1.807, 2.05) is 30.9 Å². The van der Waals surface area contributed by atoms with E-state index in [9.17, 15) is 4.79 Å². The zero-order valence-corrected chi connectivity index (χ0v) is 15.8. The fraction of sp³-hybridized carbons (Fsp3) is 0.455. The van der Waals surface area contributed by atoms with Crippen molar-refractivity contribution in [2.24, 2.45) is 0 Å². The molecule has 1 aromatic carbocycles. The lowest BCUT2D eigenvalue weighted by atomic mass is 10.1. The van der Waals surface area contributed by atoms with Crippen molar-refractivity contribution in [2.75, 3.05) is 6.61 Å². The largest absolute Gasteiger partial charge is 0.493 e. The van der Waals surface area contributed by atoms with Crippen LogP contribution >= 0.6 is 0 Å². The minimum absolute atomic E-state index is 0.332. The second-order valence-electron chi connectivity index (χ2n) is 6.93. The Balaban J connectivity index is 1.20. The smallest absolute Gasteiger partial charge is 0.336 e. The van der Waals surface area contributed by atoms with Gasteiger partial charge in [-0.2, -0.15) is 0 Å². The highest BCUT2D eigenvalue weighted by Gasteiger charge is 2.00. The van der Waals surface area contributed by atoms with Crippen LogP contribution in [0.3, 0.4) is 0 Å². The van der Waals surface area contributed by atoms with Crippen molar-refractivity contribution in [2.45, 2.75) is 57.9 Å². The second-order valence-corrected chi connectivity index (χ2v) is 6.93. The van der Waals surface area contributed by atoms with E-state index in [2.05, 4.69) is 9.55 Å². The number of hydrogen-bond acceptors (Lipinski definition) is 4. The molecule has 0 saturated carbocycles. The fourth-order valence-electron chi connectivity index (χ4n) is 3.20. The van der Waals surface area contributed by atoms with Crippen molar-refractivity contribution in [1.29, 1.82) is 0 Å². The molecule has 0 atom stereocenters. The topological polar surface area (TPSA) is 57.3 Å². The monoisotopic (exact) mass is 368 g/mol. The van der Waals surface area contributed by atoms with E-state index in [0.29, 0.717) is 12.2 Å². The second kappa shape index (κ2) is 10.6. The summed E-state index contributed by atoms with van der Waals surface area (Å²) in [5.74, 6) is 0.759. The summed E-state index contributed by atoms with van der Waals surface area (Å²) in [5.41, 5.74) is 0.245. The lowest BCUT2D eigenvalue weighted by molar-refractivity contribution is 0.304. The average molecular weight is 368 g/mol. The number of unbranched alkanes of at least 4 members (excludes halogenated alkanes) is 7. The van der Waals surface area contributed by atoms with Gasteiger partial charge >= 0.3 is 5.63 Å². The molecule has 0 fully saturated rings. The molecule has 0 aliphatic heterocycles. The van der Waals surface area contributed by atoms with Crippen molar-refractivity contribution < 1.29 is 9.15 Å². The van der Waals surface area contributed by atoms with Gasteiger partial charge in [-0.3, -0.25) is 0 Å². The molecule has 3 aromatic rings. The molecule has 0 unspecified atom stereocenters. The Morgan fingerprint density at radius 2 is 1.67 bits per heavy atom. The highest BCUT2D eigenvalue weighted by atomic mass is 16.5. The van der Waals surface area contributed by atoms with Gasteiger partial charge in [-0.05, 0) is 31.0 Å². The molecule has 2 aromatic heterocycles. The predicted molar refractivity (Wildman–Crippen MR) is 107 cm³/mol. The minimum atomic E-state index is -0.332. The number of hydrogen-bond donors (Lipinski definition) is 0. The molecule has 5 heteroatoms. The van der Waals surface area contributed by atoms with E-state index in [1.165, 1.54) is 51.0 Å². The first-order valence-electron chi connectivity index (χ1n) is 9.94. The first-order chi connectivity index (χ1) is 13.3. The van der Waals surface area contributed by atoms with Crippen LogP contribution in [0.15, 0.2) is 58.3 Å². The SMILES string of the molecule is O=c1ccc2ccc(OCCCCCCCCCCn3ccnc3)cc2o1. The normalized spacial score (nSPS) is 11.1. The van der Waals surface area contributed by atoms with Crippen molar-refractivity contribution in [3.05, 3.63) is 59.5 Å². The number of imidazole rings is 1. The van der Waals surface area contributed by atoms with Crippen LogP contribution in [0.2, 0.25) is 0 Å². The lowest BCUT2D eigenvalue weighted by Crippen LogP contribution is -1.98. The molecule has 0 amide bonds. The van der Waals surface area contributed by atoms with Crippen LogP contribution in [0, 0.1) is 0 Å². The van der Waals surface area contributed by atoms with Crippen molar-refractivity contribution in [1.82, 2.24) is 9.55 Å². The van der Waals surface area contributed by atoms with Crippen molar-refractivity contribution in [3.63, 3.8) is 0 Å². The molecular formula is C22H28N2O3. The fourth-order valence-corrected chi connectivity index (χ4v) is 3.20. The standard InChI is InChI=1S/C22H28N2O3/c25-22-12-10-19-9-11-20(17-21(19)27-22)26-16-8-6-4-2-1-3-5-7-14-24-15-13-23-18-24/h9-13,15,17-18H,1-8,14,16H2. The van der Waals surface area contributed by atoms with E-state index in [4.69, 9.17) is 9.15 Å². The maximum Gasteiger partial charge on any atom is 0.336 e. The Labute approximate surface area is 160 Å². The Bertz CT molecular complexity index is 855. The summed E-state index contributed by atoms with van der Waals surface area (Å²) in [7, 11) is 0. The third-order valence-electron chi connectivity index (χ3n) is 4.73. The maximum atomic E-state index is 11.3. The predicted octanol–water partition coefficient (Wildman–Crippen LogP) is 5.19. The summed E-state index contributed by atoms with van der Waals surface area (Å²) in [6.07, 6.45) is 15.7. The maximum absolute atomic E-state index is 11.3. The molecule has 2 heterocycles. The van der Waals surface area contributed by atoms with E-state index in [0.717, 1.165) is 24.1 Å². The Hall–Kier alpha value is -2.56. The van der Waals surface area contributed by atoms with Crippen LogP contribution in [0.1, 0.15) is 51.4 Å². The zero-order chi connectivity index (χ0) is 18.7. The third kappa shape index (κ3) is 6.59. The zero-order valence-electron chi connectivity index (χ0n) is 15.8. The van der Waals surface area contributed by atoms with E-state index in [-0.39, 0.29) is 5.63 Å². The molecular weight excluding hydrogens is 340 g/mol. The molecule has 0 bridgehead atoms. The van der Waals surface area contributed by atoms with Gasteiger partial charge in [0.2, 0.25) is 0 Å². The molecule has 0 aliphatic carbocycles. The van der Waals surface area contributed by atoms with Crippen molar-refractivity contribution >= 4 is 11.0 Å². The van der Waals surface area contributed by atoms with Crippen LogP contribution in [-0.2, 0) is 6.54 Å². The molecule has 0 spiro atoms. The summed E-state index contributed by atoms with van der Waals surface area (Å²) in [4.78, 5) is 15.3. The molecule has 0 radical (unpaired) electrons. The number of aromatic nitrogens is 2. The third-order valence-corrected chi connectivity index (χ3v) is 4.73. The molecule has 0 aliphatic rings. The van der Waals surface area contributed by atoms with Gasteiger partial charge in [-0.25, -0.2) is 9.78 Å². The highest BCUT2D eigenvalue weighted by Crippen LogP contribution is 2.20. The quantitative estimate of drug-likeness (QED) is 0.326. The van der Waals surface area contributed by atoms with Gasteiger partial charge in [0.05, 0.1) is 12.9 Å². The number of aryl methyl sites for hydroxylation is 1. The number of rotatable bonds is 12. The average Bonchev–Trinajstić information content (AvgIpc) is 3.19. The van der Waals surface area contributed by atoms with Crippen LogP contribution in [0.4, 0.5) is 0 Å². The molecule has 0 N–H and O–H groups in total. The molecule has 5 nitrogen and oxygen atoms in total. The number of fused-ring (bicyclic) bond motifs is 1. The van der Waals surface area contributed by atoms with Gasteiger partial charge in [-0.1, -0.05) is 38.5 Å². The van der Waals surface area contributed by atoms with Gasteiger partial charge in [0.25, 0.3) is 0 Å². The summed E-state index contributed by atoms with van der Waals surface area (Å²) in [6.45, 7) is 1.78. The van der Waals surface area contributed by atoms with Crippen LogP contribution in [0.5, 0.6) is 5.75 Å². The van der Waals surface area contributed by atoms with Crippen molar-refractivity contribution in [3.8, 4) is 5.75 Å². The first-order valence-corrected chi connectivity index (χ1v) is 9.94. The van der Waals surface area contributed by atoms with E-state index < -0.39 is 0 Å². The summed E-state index contributed by atoms with van der Waals surface area (Å²) < 4.78 is 13.1. The van der Waals surface area contributed by atoms with E-state index in [1.54, 1.807) is 12.1 Å². The van der Waals surface area contributed by atoms with Gasteiger partial charge in [0.15, 0.2) is 0 Å². The Morgan fingerprint density at radius 3 is 2.44 bits per heavy atom. The Kier molecular flexibility index (Phi) is 7.51. The van der Waals surface area contributed by atoms with Crippen LogP contribution in [-0.4, -0.2) is 16.2 Å². The number of ether oxygens (including phenoxy) is 1. The van der Waals surface area contributed by atoms with Gasteiger partial charge in [-0.15, -0.1) is 0 Å². The van der Waals surface area contributed by atoms with Gasteiger partial charge in [0.1, 0.15) is 11.3 Å². The summed E-state index contributed by atoms with van der Waals surface area (Å²) in [5, 5.41) is 0.909. The summed E-state index contributed by atoms with van der Waals surface area (Å²) in [6, 6.07) is 8.83. The molecule has 27 heavy (non-hydrogen) atoms. The van der Waals surface area contributed by atoms with E-state index >= 15 is 0 Å². The number of nitrogens with zero attached hydrogens (tertiary/aromatic N) is 2. The van der Waals surface area contributed by atoms with Gasteiger partial charge < -0.3 is 13.7 Å². The summed E-state index contributed by atoms with van der Waals surface area (Å²) >= 11 is 0. The van der Waals surface area contributed by atoms with Crippen LogP contribution < -0.4 is 10.4 Å². The minimum Gasteiger partial charge on any atom is -0.493 e.